The lowest BCUT2D eigenvalue weighted by atomic mass is 10.1. The van der Waals surface area contributed by atoms with Gasteiger partial charge in [-0.25, -0.2) is 4.21 Å². The number of carbonyl (C=O) groups is 1. The predicted molar refractivity (Wildman–Crippen MR) is 60.0 cm³/mol. The molecule has 1 atom stereocenters. The highest BCUT2D eigenvalue weighted by Crippen LogP contribution is 2.04. The van der Waals surface area contributed by atoms with Crippen molar-refractivity contribution in [2.24, 2.45) is 0 Å². The van der Waals surface area contributed by atoms with Crippen LogP contribution in [0.1, 0.15) is 45.4 Å². The maximum atomic E-state index is 11.0. The Hall–Kier alpha value is -0.420. The molecule has 0 spiro atoms. The molecule has 0 fully saturated rings. The molecule has 0 amide bonds. The zero-order valence-electron chi connectivity index (χ0n) is 9.24. The second-order valence-corrected chi connectivity index (χ2v) is 4.46. The normalized spacial score (nSPS) is 12.4. The first-order valence-corrected chi connectivity index (χ1v) is 6.67. The van der Waals surface area contributed by atoms with Gasteiger partial charge in [0.1, 0.15) is 0 Å². The topological polar surface area (TPSA) is 63.6 Å². The molecule has 0 saturated carbocycles. The Morgan fingerprint density at radius 3 is 2.53 bits per heavy atom. The third-order valence-corrected chi connectivity index (χ3v) is 2.55. The quantitative estimate of drug-likeness (QED) is 0.378. The first kappa shape index (κ1) is 14.6. The van der Waals surface area contributed by atoms with Gasteiger partial charge in [-0.05, 0) is 19.3 Å². The molecule has 0 radical (unpaired) electrons. The predicted octanol–water partition coefficient (Wildman–Crippen LogP) is 2.11. The van der Waals surface area contributed by atoms with E-state index in [9.17, 15) is 9.00 Å². The van der Waals surface area contributed by atoms with Crippen LogP contribution in [-0.4, -0.2) is 27.1 Å². The fourth-order valence-electron chi connectivity index (χ4n) is 1.14. The van der Waals surface area contributed by atoms with Crippen molar-refractivity contribution in [3.63, 3.8) is 0 Å². The summed E-state index contributed by atoms with van der Waals surface area (Å²) in [5.74, 6) is 0.197. The van der Waals surface area contributed by atoms with Crippen LogP contribution in [0, 0.1) is 0 Å². The number of hydrogen-bond acceptors (Lipinski definition) is 3. The Labute approximate surface area is 93.7 Å². The van der Waals surface area contributed by atoms with Crippen LogP contribution in [0.25, 0.3) is 0 Å². The van der Waals surface area contributed by atoms with Gasteiger partial charge in [-0.1, -0.05) is 19.8 Å². The Bertz CT molecular complexity index is 194. The maximum Gasteiger partial charge on any atom is 0.305 e. The van der Waals surface area contributed by atoms with Crippen molar-refractivity contribution in [3.8, 4) is 0 Å². The number of ether oxygens (including phenoxy) is 1. The van der Waals surface area contributed by atoms with E-state index in [1.165, 1.54) is 0 Å². The van der Waals surface area contributed by atoms with E-state index in [1.807, 2.05) is 6.92 Å². The number of rotatable bonds is 9. The molecule has 0 aromatic carbocycles. The molecule has 1 N–H and O–H groups in total. The van der Waals surface area contributed by atoms with Crippen molar-refractivity contribution >= 4 is 17.0 Å². The van der Waals surface area contributed by atoms with Gasteiger partial charge in [0.2, 0.25) is 0 Å². The monoisotopic (exact) mass is 236 g/mol. The van der Waals surface area contributed by atoms with E-state index in [2.05, 4.69) is 0 Å². The summed E-state index contributed by atoms with van der Waals surface area (Å²) in [4.78, 5) is 11.0. The summed E-state index contributed by atoms with van der Waals surface area (Å²) in [5.41, 5.74) is 0. The van der Waals surface area contributed by atoms with Crippen LogP contribution in [0.4, 0.5) is 0 Å². The Balaban J connectivity index is 3.16. The second kappa shape index (κ2) is 10.1. The fraction of sp³-hybridized carbons (Fsp3) is 0.900. The Morgan fingerprint density at radius 1 is 1.27 bits per heavy atom. The van der Waals surface area contributed by atoms with Gasteiger partial charge in [-0.15, -0.1) is 0 Å². The van der Waals surface area contributed by atoms with Crippen LogP contribution < -0.4 is 0 Å². The summed E-state index contributed by atoms with van der Waals surface area (Å²) in [5, 5.41) is 0. The molecular formula is C10H20O4S. The van der Waals surface area contributed by atoms with Crippen LogP contribution in [0.5, 0.6) is 0 Å². The average molecular weight is 236 g/mol. The van der Waals surface area contributed by atoms with Crippen molar-refractivity contribution in [1.29, 1.82) is 0 Å². The van der Waals surface area contributed by atoms with Crippen molar-refractivity contribution < 1.29 is 18.3 Å². The first-order chi connectivity index (χ1) is 7.16. The third-order valence-electron chi connectivity index (χ3n) is 1.92. The van der Waals surface area contributed by atoms with Crippen molar-refractivity contribution in [2.45, 2.75) is 45.4 Å². The summed E-state index contributed by atoms with van der Waals surface area (Å²) in [6, 6.07) is 0. The smallest absolute Gasteiger partial charge is 0.305 e. The summed E-state index contributed by atoms with van der Waals surface area (Å²) in [7, 11) is 0. The van der Waals surface area contributed by atoms with Crippen LogP contribution in [0.15, 0.2) is 0 Å². The van der Waals surface area contributed by atoms with Gasteiger partial charge in [0.25, 0.3) is 0 Å². The van der Waals surface area contributed by atoms with Crippen LogP contribution in [0.3, 0.4) is 0 Å². The molecule has 0 aromatic heterocycles. The minimum atomic E-state index is -1.68. The first-order valence-electron chi connectivity index (χ1n) is 5.40. The average Bonchev–Trinajstić information content (AvgIpc) is 2.19. The Kier molecular flexibility index (Phi) is 9.83. The maximum absolute atomic E-state index is 11.0. The molecule has 0 rings (SSSR count). The third kappa shape index (κ3) is 11.5. The largest absolute Gasteiger partial charge is 0.466 e. The number of unbranched alkanes of at least 4 members (excludes halogenated alkanes) is 3. The highest BCUT2D eigenvalue weighted by Gasteiger charge is 2.01. The lowest BCUT2D eigenvalue weighted by Gasteiger charge is -2.02. The van der Waals surface area contributed by atoms with E-state index in [0.717, 1.165) is 32.1 Å². The lowest BCUT2D eigenvalue weighted by Crippen LogP contribution is -2.04. The van der Waals surface area contributed by atoms with E-state index >= 15 is 0 Å². The van der Waals surface area contributed by atoms with E-state index in [4.69, 9.17) is 9.29 Å². The molecule has 4 nitrogen and oxygen atoms in total. The molecule has 0 aliphatic rings. The van der Waals surface area contributed by atoms with Gasteiger partial charge in [0.15, 0.2) is 11.1 Å². The Morgan fingerprint density at radius 2 is 1.93 bits per heavy atom. The van der Waals surface area contributed by atoms with Crippen LogP contribution in [-0.2, 0) is 20.6 Å². The summed E-state index contributed by atoms with van der Waals surface area (Å²) in [6.07, 6.45) is 4.68. The fourth-order valence-corrected chi connectivity index (χ4v) is 1.59. The van der Waals surface area contributed by atoms with Crippen molar-refractivity contribution in [2.75, 3.05) is 12.4 Å². The van der Waals surface area contributed by atoms with Crippen molar-refractivity contribution in [3.05, 3.63) is 0 Å². The molecule has 5 heteroatoms. The van der Waals surface area contributed by atoms with E-state index in [1.54, 1.807) is 0 Å². The summed E-state index contributed by atoms with van der Waals surface area (Å²) in [6.45, 7) is 2.46. The highest BCUT2D eigenvalue weighted by molar-refractivity contribution is 7.79. The van der Waals surface area contributed by atoms with Crippen LogP contribution >= 0.6 is 0 Å². The highest BCUT2D eigenvalue weighted by atomic mass is 32.2. The van der Waals surface area contributed by atoms with Crippen molar-refractivity contribution in [1.82, 2.24) is 0 Å². The SMILES string of the molecule is CCCOC(=O)CCCCCCS(=O)O. The summed E-state index contributed by atoms with van der Waals surface area (Å²) < 4.78 is 23.7. The van der Waals surface area contributed by atoms with Gasteiger partial charge in [-0.3, -0.25) is 4.79 Å². The molecular weight excluding hydrogens is 216 g/mol. The van der Waals surface area contributed by atoms with Gasteiger partial charge in [0, 0.05) is 12.2 Å². The molecule has 0 bridgehead atoms. The molecule has 90 valence electrons. The van der Waals surface area contributed by atoms with E-state index in [0.29, 0.717) is 18.8 Å². The molecule has 1 unspecified atom stereocenters. The standard InChI is InChI=1S/C10H20O4S/c1-2-8-14-10(11)7-5-3-4-6-9-15(12)13/h2-9H2,1H3,(H,12,13). The number of carbonyl (C=O) groups excluding carboxylic acids is 1. The second-order valence-electron chi connectivity index (χ2n) is 3.41. The summed E-state index contributed by atoms with van der Waals surface area (Å²) >= 11 is -1.68. The van der Waals surface area contributed by atoms with Gasteiger partial charge in [-0.2, -0.15) is 0 Å². The number of hydrogen-bond donors (Lipinski definition) is 1. The molecule has 15 heavy (non-hydrogen) atoms. The molecule has 0 aliphatic carbocycles. The van der Waals surface area contributed by atoms with Gasteiger partial charge >= 0.3 is 5.97 Å². The van der Waals surface area contributed by atoms with Gasteiger partial charge < -0.3 is 9.29 Å². The zero-order chi connectivity index (χ0) is 11.5. The number of esters is 1. The molecule has 0 heterocycles. The van der Waals surface area contributed by atoms with Crippen LogP contribution in [0.2, 0.25) is 0 Å². The molecule has 0 aliphatic heterocycles. The molecule has 0 aromatic rings. The minimum absolute atomic E-state index is 0.136. The lowest BCUT2D eigenvalue weighted by molar-refractivity contribution is -0.143. The minimum Gasteiger partial charge on any atom is -0.466 e. The zero-order valence-corrected chi connectivity index (χ0v) is 10.1. The van der Waals surface area contributed by atoms with Gasteiger partial charge in [0.05, 0.1) is 6.61 Å². The molecule has 0 saturated heterocycles. The van der Waals surface area contributed by atoms with E-state index < -0.39 is 11.1 Å². The van der Waals surface area contributed by atoms with E-state index in [-0.39, 0.29) is 5.97 Å².